The minimum atomic E-state index is -0.138. The van der Waals surface area contributed by atoms with Crippen molar-refractivity contribution in [1.29, 1.82) is 0 Å². The summed E-state index contributed by atoms with van der Waals surface area (Å²) in [6, 6.07) is 21.5. The Bertz CT molecular complexity index is 1550. The molecule has 2 aromatic heterocycles. The normalized spacial score (nSPS) is 13.3. The smallest absolute Gasteiger partial charge is 0.255 e. The molecule has 0 unspecified atom stereocenters. The summed E-state index contributed by atoms with van der Waals surface area (Å²) in [6.07, 6.45) is 5.94. The summed E-state index contributed by atoms with van der Waals surface area (Å²) >= 11 is 0. The first-order chi connectivity index (χ1) is 16.5. The summed E-state index contributed by atoms with van der Waals surface area (Å²) in [5.74, 6) is 0.156. The van der Waals surface area contributed by atoms with E-state index in [0.29, 0.717) is 5.56 Å². The van der Waals surface area contributed by atoms with E-state index in [4.69, 9.17) is 0 Å². The summed E-state index contributed by atoms with van der Waals surface area (Å²) in [5, 5.41) is 8.09. The van der Waals surface area contributed by atoms with Crippen molar-refractivity contribution in [3.8, 4) is 11.1 Å². The van der Waals surface area contributed by atoms with Crippen LogP contribution in [0.1, 0.15) is 23.2 Å². The molecule has 6 nitrogen and oxygen atoms in total. The van der Waals surface area contributed by atoms with Crippen LogP contribution in [0.3, 0.4) is 0 Å². The van der Waals surface area contributed by atoms with Gasteiger partial charge in [-0.3, -0.25) is 9.59 Å². The predicted octanol–water partition coefficient (Wildman–Crippen LogP) is 5.93. The third kappa shape index (κ3) is 3.73. The molecular weight excluding hydrogens is 424 g/mol. The molecule has 0 radical (unpaired) electrons. The second kappa shape index (κ2) is 7.92. The van der Waals surface area contributed by atoms with Crippen molar-refractivity contribution in [3.05, 3.63) is 84.7 Å². The highest BCUT2D eigenvalue weighted by molar-refractivity contribution is 6.07. The van der Waals surface area contributed by atoms with Crippen LogP contribution in [0.2, 0.25) is 0 Å². The Labute approximate surface area is 196 Å². The van der Waals surface area contributed by atoms with Crippen LogP contribution in [0.4, 0.5) is 11.4 Å². The van der Waals surface area contributed by atoms with Crippen molar-refractivity contribution in [2.75, 3.05) is 10.6 Å². The van der Waals surface area contributed by atoms with Gasteiger partial charge in [0.05, 0.1) is 0 Å². The number of aromatic nitrogens is 2. The molecule has 0 atom stereocenters. The van der Waals surface area contributed by atoms with Crippen LogP contribution in [0.25, 0.3) is 32.9 Å². The van der Waals surface area contributed by atoms with E-state index in [2.05, 4.69) is 15.6 Å². The molecule has 2 amide bonds. The van der Waals surface area contributed by atoms with Crippen molar-refractivity contribution in [3.63, 3.8) is 0 Å². The van der Waals surface area contributed by atoms with Gasteiger partial charge in [0.25, 0.3) is 5.91 Å². The highest BCUT2D eigenvalue weighted by Gasteiger charge is 2.29. The van der Waals surface area contributed by atoms with Gasteiger partial charge in [-0.2, -0.15) is 0 Å². The van der Waals surface area contributed by atoms with E-state index in [1.54, 1.807) is 0 Å². The third-order valence-electron chi connectivity index (χ3n) is 6.50. The zero-order valence-corrected chi connectivity index (χ0v) is 18.8. The predicted molar refractivity (Wildman–Crippen MR) is 136 cm³/mol. The highest BCUT2D eigenvalue weighted by atomic mass is 16.2. The number of H-pyrrole nitrogens is 1. The maximum atomic E-state index is 12.8. The molecule has 1 saturated carbocycles. The van der Waals surface area contributed by atoms with Crippen LogP contribution in [0.5, 0.6) is 0 Å². The first-order valence-electron chi connectivity index (χ1n) is 11.4. The number of rotatable bonds is 5. The van der Waals surface area contributed by atoms with E-state index in [1.807, 2.05) is 90.7 Å². The van der Waals surface area contributed by atoms with E-state index in [1.165, 1.54) is 0 Å². The molecule has 6 heteroatoms. The first kappa shape index (κ1) is 20.3. The summed E-state index contributed by atoms with van der Waals surface area (Å²) in [4.78, 5) is 28.1. The van der Waals surface area contributed by atoms with Crippen LogP contribution in [0, 0.1) is 5.92 Å². The molecule has 2 heterocycles. The molecule has 1 aliphatic carbocycles. The van der Waals surface area contributed by atoms with Gasteiger partial charge in [0, 0.05) is 69.7 Å². The van der Waals surface area contributed by atoms with Crippen molar-refractivity contribution >= 4 is 45.0 Å². The topological polar surface area (TPSA) is 78.9 Å². The van der Waals surface area contributed by atoms with Crippen molar-refractivity contribution < 1.29 is 9.59 Å². The SMILES string of the molecule is Cn1ccc2cc(C(=O)Nc3ccc4c(-c5ccc(NC(=O)C6CC6)cc5)c[nH]c4c3)ccc21. The summed E-state index contributed by atoms with van der Waals surface area (Å²) < 4.78 is 2.03. The van der Waals surface area contributed by atoms with Gasteiger partial charge in [0.1, 0.15) is 0 Å². The Hall–Kier alpha value is -4.32. The average molecular weight is 449 g/mol. The molecule has 0 spiro atoms. The molecule has 5 aromatic rings. The van der Waals surface area contributed by atoms with Gasteiger partial charge in [-0.1, -0.05) is 18.2 Å². The molecule has 1 fully saturated rings. The van der Waals surface area contributed by atoms with Crippen LogP contribution < -0.4 is 10.6 Å². The highest BCUT2D eigenvalue weighted by Crippen LogP contribution is 2.33. The Morgan fingerprint density at radius 1 is 0.912 bits per heavy atom. The second-order valence-corrected chi connectivity index (χ2v) is 8.96. The van der Waals surface area contributed by atoms with Gasteiger partial charge < -0.3 is 20.2 Å². The molecule has 3 aromatic carbocycles. The van der Waals surface area contributed by atoms with Gasteiger partial charge in [-0.25, -0.2) is 0 Å². The van der Waals surface area contributed by atoms with E-state index < -0.39 is 0 Å². The molecule has 0 saturated heterocycles. The third-order valence-corrected chi connectivity index (χ3v) is 6.50. The van der Waals surface area contributed by atoms with E-state index in [9.17, 15) is 9.59 Å². The number of benzene rings is 3. The lowest BCUT2D eigenvalue weighted by Crippen LogP contribution is -2.12. The molecular formula is C28H24N4O2. The van der Waals surface area contributed by atoms with Gasteiger partial charge in [-0.15, -0.1) is 0 Å². The van der Waals surface area contributed by atoms with Gasteiger partial charge in [0.15, 0.2) is 0 Å². The number of carbonyl (C=O) groups is 2. The first-order valence-corrected chi connectivity index (χ1v) is 11.4. The van der Waals surface area contributed by atoms with E-state index >= 15 is 0 Å². The zero-order chi connectivity index (χ0) is 23.2. The molecule has 6 rings (SSSR count). The summed E-state index contributed by atoms with van der Waals surface area (Å²) in [6.45, 7) is 0. The lowest BCUT2D eigenvalue weighted by Gasteiger charge is -2.07. The Morgan fingerprint density at radius 3 is 2.50 bits per heavy atom. The number of anilines is 2. The van der Waals surface area contributed by atoms with Crippen molar-refractivity contribution in [2.24, 2.45) is 13.0 Å². The lowest BCUT2D eigenvalue weighted by molar-refractivity contribution is -0.117. The average Bonchev–Trinajstić information content (AvgIpc) is 3.53. The van der Waals surface area contributed by atoms with Gasteiger partial charge in [0.2, 0.25) is 5.91 Å². The fraction of sp³-hybridized carbons (Fsp3) is 0.143. The number of aryl methyl sites for hydroxylation is 1. The summed E-state index contributed by atoms with van der Waals surface area (Å²) in [5.41, 5.74) is 6.34. The zero-order valence-electron chi connectivity index (χ0n) is 18.8. The summed E-state index contributed by atoms with van der Waals surface area (Å²) in [7, 11) is 1.99. The largest absolute Gasteiger partial charge is 0.360 e. The molecule has 3 N–H and O–H groups in total. The standard InChI is InChI=1S/C28H24N4O2/c1-32-13-12-19-14-20(6-11-26(19)32)28(34)31-22-9-10-23-24(16-29-25(23)15-22)17-4-7-21(8-5-17)30-27(33)18-2-3-18/h4-16,18,29H,2-3H2,1H3,(H,30,33)(H,31,34). The minimum Gasteiger partial charge on any atom is -0.360 e. The number of hydrogen-bond acceptors (Lipinski definition) is 2. The van der Waals surface area contributed by atoms with Crippen molar-refractivity contribution in [1.82, 2.24) is 9.55 Å². The van der Waals surface area contributed by atoms with Crippen LogP contribution in [-0.2, 0) is 11.8 Å². The molecule has 0 aliphatic heterocycles. The number of carbonyl (C=O) groups excluding carboxylic acids is 2. The van der Waals surface area contributed by atoms with Crippen LogP contribution in [-0.4, -0.2) is 21.4 Å². The number of amides is 2. The maximum absolute atomic E-state index is 12.8. The maximum Gasteiger partial charge on any atom is 0.255 e. The Morgan fingerprint density at radius 2 is 1.71 bits per heavy atom. The monoisotopic (exact) mass is 448 g/mol. The lowest BCUT2D eigenvalue weighted by atomic mass is 10.0. The molecule has 1 aliphatic rings. The van der Waals surface area contributed by atoms with E-state index in [-0.39, 0.29) is 17.7 Å². The Kier molecular flexibility index (Phi) is 4.73. The Balaban J connectivity index is 1.20. The fourth-order valence-electron chi connectivity index (χ4n) is 4.39. The molecule has 168 valence electrons. The quantitative estimate of drug-likeness (QED) is 0.312. The van der Waals surface area contributed by atoms with Crippen molar-refractivity contribution in [2.45, 2.75) is 12.8 Å². The molecule has 34 heavy (non-hydrogen) atoms. The van der Waals surface area contributed by atoms with Crippen LogP contribution >= 0.6 is 0 Å². The number of nitrogens with zero attached hydrogens (tertiary/aromatic N) is 1. The van der Waals surface area contributed by atoms with Crippen LogP contribution in [0.15, 0.2) is 79.1 Å². The van der Waals surface area contributed by atoms with E-state index in [0.717, 1.165) is 57.1 Å². The van der Waals surface area contributed by atoms with Gasteiger partial charge in [-0.05, 0) is 66.9 Å². The number of fused-ring (bicyclic) bond motifs is 2. The number of aromatic amines is 1. The molecule has 0 bridgehead atoms. The number of hydrogen-bond donors (Lipinski definition) is 3. The fourth-order valence-corrected chi connectivity index (χ4v) is 4.39. The van der Waals surface area contributed by atoms with Gasteiger partial charge >= 0.3 is 0 Å². The number of nitrogens with one attached hydrogen (secondary N) is 3. The second-order valence-electron chi connectivity index (χ2n) is 8.96. The minimum absolute atomic E-state index is 0.109.